The van der Waals surface area contributed by atoms with E-state index in [1.807, 2.05) is 30.3 Å². The van der Waals surface area contributed by atoms with Crippen LogP contribution in [0.5, 0.6) is 0 Å². The first-order chi connectivity index (χ1) is 10.2. The first-order valence-corrected chi connectivity index (χ1v) is 7.98. The fraction of sp³-hybridized carbons (Fsp3) is 0.588. The van der Waals surface area contributed by atoms with Crippen LogP contribution in [0.1, 0.15) is 44.2 Å². The van der Waals surface area contributed by atoms with Crippen LogP contribution in [-0.4, -0.2) is 36.5 Å². The number of nitrogens with two attached hydrogens (primary N) is 1. The predicted molar refractivity (Wildman–Crippen MR) is 85.9 cm³/mol. The van der Waals surface area contributed by atoms with Gasteiger partial charge in [-0.25, -0.2) is 0 Å². The van der Waals surface area contributed by atoms with Gasteiger partial charge in [0.15, 0.2) is 0 Å². The van der Waals surface area contributed by atoms with Crippen LogP contribution in [0.15, 0.2) is 30.3 Å². The third-order valence-corrected chi connectivity index (χ3v) is 4.24. The van der Waals surface area contributed by atoms with Crippen LogP contribution in [0.3, 0.4) is 0 Å². The van der Waals surface area contributed by atoms with Crippen molar-refractivity contribution in [2.24, 2.45) is 5.73 Å². The van der Waals surface area contributed by atoms with Gasteiger partial charge in [-0.15, -0.1) is 0 Å². The van der Waals surface area contributed by atoms with Crippen LogP contribution in [-0.2, 0) is 4.79 Å². The highest BCUT2D eigenvalue weighted by atomic mass is 16.1. The summed E-state index contributed by atoms with van der Waals surface area (Å²) in [6.45, 7) is 5.20. The van der Waals surface area contributed by atoms with Gasteiger partial charge in [-0.3, -0.25) is 9.69 Å². The third kappa shape index (κ3) is 5.14. The molecule has 0 bridgehead atoms. The summed E-state index contributed by atoms with van der Waals surface area (Å²) in [5.41, 5.74) is 7.08. The molecule has 0 aromatic heterocycles. The van der Waals surface area contributed by atoms with E-state index in [1.54, 1.807) is 0 Å². The van der Waals surface area contributed by atoms with Crippen molar-refractivity contribution in [1.29, 1.82) is 0 Å². The van der Waals surface area contributed by atoms with Crippen LogP contribution < -0.4 is 11.1 Å². The van der Waals surface area contributed by atoms with Gasteiger partial charge >= 0.3 is 0 Å². The van der Waals surface area contributed by atoms with Gasteiger partial charge in [0.25, 0.3) is 0 Å². The average Bonchev–Trinajstić information content (AvgIpc) is 2.54. The number of rotatable bonds is 6. The topological polar surface area (TPSA) is 58.4 Å². The molecule has 21 heavy (non-hydrogen) atoms. The zero-order valence-electron chi connectivity index (χ0n) is 12.9. The number of piperidine rings is 1. The molecule has 116 valence electrons. The Hall–Kier alpha value is -1.39. The molecule has 1 heterocycles. The molecule has 1 saturated heterocycles. The predicted octanol–water partition coefficient (Wildman–Crippen LogP) is 2.07. The Morgan fingerprint density at radius 3 is 2.57 bits per heavy atom. The molecule has 2 unspecified atom stereocenters. The summed E-state index contributed by atoms with van der Waals surface area (Å²) in [5, 5.41) is 3.02. The van der Waals surface area contributed by atoms with E-state index in [4.69, 9.17) is 5.73 Å². The van der Waals surface area contributed by atoms with Crippen LogP contribution in [0, 0.1) is 0 Å². The van der Waals surface area contributed by atoms with Gasteiger partial charge in [0.1, 0.15) is 0 Å². The number of carbonyl (C=O) groups excluding carboxylic acids is 1. The summed E-state index contributed by atoms with van der Waals surface area (Å²) in [7, 11) is 0. The van der Waals surface area contributed by atoms with Crippen LogP contribution in [0.25, 0.3) is 0 Å². The van der Waals surface area contributed by atoms with E-state index in [-0.39, 0.29) is 11.9 Å². The summed E-state index contributed by atoms with van der Waals surface area (Å²) in [6.07, 6.45) is 4.23. The highest BCUT2D eigenvalue weighted by molar-refractivity contribution is 5.76. The first-order valence-electron chi connectivity index (χ1n) is 7.98. The summed E-state index contributed by atoms with van der Waals surface area (Å²) in [6, 6.07) is 9.97. The molecule has 2 rings (SSSR count). The van der Waals surface area contributed by atoms with Gasteiger partial charge in [0, 0.05) is 25.0 Å². The lowest BCUT2D eigenvalue weighted by molar-refractivity contribution is -0.121. The number of likely N-dealkylation sites (tertiary alicyclic amines) is 1. The minimum absolute atomic E-state index is 0.0372. The normalized spacial score (nSPS) is 19.0. The largest absolute Gasteiger partial charge is 0.354 e. The Morgan fingerprint density at radius 2 is 1.90 bits per heavy atom. The monoisotopic (exact) mass is 289 g/mol. The molecule has 4 nitrogen and oxygen atoms in total. The average molecular weight is 289 g/mol. The smallest absolute Gasteiger partial charge is 0.221 e. The molecule has 1 fully saturated rings. The second-order valence-corrected chi connectivity index (χ2v) is 5.97. The van der Waals surface area contributed by atoms with Gasteiger partial charge < -0.3 is 11.1 Å². The van der Waals surface area contributed by atoms with Crippen molar-refractivity contribution in [1.82, 2.24) is 10.2 Å². The SMILES string of the molecule is CC(CNC(=O)CC(N)c1ccccc1)N1CCCCC1. The molecule has 1 aromatic carbocycles. The summed E-state index contributed by atoms with van der Waals surface area (Å²) in [4.78, 5) is 14.5. The molecule has 0 aliphatic carbocycles. The number of benzene rings is 1. The summed E-state index contributed by atoms with van der Waals surface area (Å²) < 4.78 is 0. The van der Waals surface area contributed by atoms with Crippen LogP contribution in [0.2, 0.25) is 0 Å². The van der Waals surface area contributed by atoms with E-state index < -0.39 is 0 Å². The molecular weight excluding hydrogens is 262 g/mol. The van der Waals surface area contributed by atoms with Crippen molar-refractivity contribution in [3.05, 3.63) is 35.9 Å². The Bertz CT molecular complexity index is 429. The standard InChI is InChI=1S/C17H27N3O/c1-14(20-10-6-3-7-11-20)13-19-17(21)12-16(18)15-8-4-2-5-9-15/h2,4-5,8-9,14,16H,3,6-7,10-13,18H2,1H3,(H,19,21). The van der Waals surface area contributed by atoms with E-state index >= 15 is 0 Å². The molecule has 1 amide bonds. The van der Waals surface area contributed by atoms with E-state index in [2.05, 4.69) is 17.1 Å². The maximum atomic E-state index is 12.0. The van der Waals surface area contributed by atoms with Gasteiger partial charge in [0.05, 0.1) is 0 Å². The van der Waals surface area contributed by atoms with Gasteiger partial charge in [-0.1, -0.05) is 36.8 Å². The minimum Gasteiger partial charge on any atom is -0.354 e. The molecule has 3 N–H and O–H groups in total. The molecule has 4 heteroatoms. The number of nitrogens with one attached hydrogen (secondary N) is 1. The fourth-order valence-corrected chi connectivity index (χ4v) is 2.84. The lowest BCUT2D eigenvalue weighted by Gasteiger charge is -2.32. The van der Waals surface area contributed by atoms with Crippen molar-refractivity contribution < 1.29 is 4.79 Å². The second-order valence-electron chi connectivity index (χ2n) is 5.97. The van der Waals surface area contributed by atoms with E-state index in [9.17, 15) is 4.79 Å². The van der Waals surface area contributed by atoms with Crippen molar-refractivity contribution in [2.45, 2.75) is 44.7 Å². The number of amides is 1. The van der Waals surface area contributed by atoms with Crippen LogP contribution in [0.4, 0.5) is 0 Å². The minimum atomic E-state index is -0.225. The summed E-state index contributed by atoms with van der Waals surface area (Å²) in [5.74, 6) is 0.0372. The lowest BCUT2D eigenvalue weighted by atomic mass is 10.0. The fourth-order valence-electron chi connectivity index (χ4n) is 2.84. The maximum Gasteiger partial charge on any atom is 0.221 e. The number of carbonyl (C=O) groups is 1. The molecule has 0 spiro atoms. The number of hydrogen-bond donors (Lipinski definition) is 2. The van der Waals surface area contributed by atoms with Crippen LogP contribution >= 0.6 is 0 Å². The second kappa shape index (κ2) is 8.15. The highest BCUT2D eigenvalue weighted by Crippen LogP contribution is 2.14. The molecule has 1 aliphatic rings. The molecular formula is C17H27N3O. The molecule has 1 aromatic rings. The Labute approximate surface area is 127 Å². The van der Waals surface area contributed by atoms with Crippen molar-refractivity contribution in [3.63, 3.8) is 0 Å². The zero-order valence-corrected chi connectivity index (χ0v) is 12.9. The quantitative estimate of drug-likeness (QED) is 0.843. The number of nitrogens with zero attached hydrogens (tertiary/aromatic N) is 1. The first kappa shape index (κ1) is 16.0. The van der Waals surface area contributed by atoms with Gasteiger partial charge in [-0.05, 0) is 38.4 Å². The Kier molecular flexibility index (Phi) is 6.21. The molecule has 1 aliphatic heterocycles. The molecule has 0 saturated carbocycles. The zero-order chi connectivity index (χ0) is 15.1. The van der Waals surface area contributed by atoms with Crippen molar-refractivity contribution in [3.8, 4) is 0 Å². The summed E-state index contributed by atoms with van der Waals surface area (Å²) >= 11 is 0. The van der Waals surface area contributed by atoms with Crippen molar-refractivity contribution in [2.75, 3.05) is 19.6 Å². The van der Waals surface area contributed by atoms with E-state index in [1.165, 1.54) is 19.3 Å². The molecule has 2 atom stereocenters. The maximum absolute atomic E-state index is 12.0. The van der Waals surface area contributed by atoms with E-state index in [0.29, 0.717) is 19.0 Å². The third-order valence-electron chi connectivity index (χ3n) is 4.24. The lowest BCUT2D eigenvalue weighted by Crippen LogP contribution is -2.44. The number of hydrogen-bond acceptors (Lipinski definition) is 3. The Balaban J connectivity index is 1.71. The Morgan fingerprint density at radius 1 is 1.24 bits per heavy atom. The van der Waals surface area contributed by atoms with Gasteiger partial charge in [-0.2, -0.15) is 0 Å². The van der Waals surface area contributed by atoms with Gasteiger partial charge in [0.2, 0.25) is 5.91 Å². The highest BCUT2D eigenvalue weighted by Gasteiger charge is 2.18. The van der Waals surface area contributed by atoms with E-state index in [0.717, 1.165) is 18.7 Å². The molecule has 0 radical (unpaired) electrons. The van der Waals surface area contributed by atoms with Crippen molar-refractivity contribution >= 4 is 5.91 Å².